The molecule has 0 amide bonds. The summed E-state index contributed by atoms with van der Waals surface area (Å²) in [6, 6.07) is 8.17. The van der Waals surface area contributed by atoms with Crippen molar-refractivity contribution in [3.63, 3.8) is 0 Å². The second-order valence-corrected chi connectivity index (χ2v) is 9.15. The molecule has 2 fully saturated rings. The molecule has 30 heavy (non-hydrogen) atoms. The Bertz CT molecular complexity index is 1060. The molecule has 0 bridgehead atoms. The molecular weight excluding hydrogens is 376 g/mol. The van der Waals surface area contributed by atoms with Crippen molar-refractivity contribution in [2.45, 2.75) is 52.4 Å². The normalized spacial score (nSPS) is 26.8. The van der Waals surface area contributed by atoms with Gasteiger partial charge < -0.3 is 14.2 Å². The van der Waals surface area contributed by atoms with Crippen molar-refractivity contribution in [2.75, 3.05) is 13.1 Å². The van der Waals surface area contributed by atoms with Crippen molar-refractivity contribution in [3.8, 4) is 5.75 Å². The minimum Gasteiger partial charge on any atom is -0.486 e. The number of rotatable bonds is 4. The molecule has 2 aliphatic rings. The molecular formula is C24H30N4O2. The number of fused-ring (bicyclic) bond motifs is 2. The van der Waals surface area contributed by atoms with E-state index in [-0.39, 0.29) is 6.10 Å². The number of aliphatic hydroxyl groups excluding tert-OH is 1. The van der Waals surface area contributed by atoms with Crippen molar-refractivity contribution in [3.05, 3.63) is 59.3 Å². The first kappa shape index (κ1) is 19.5. The summed E-state index contributed by atoms with van der Waals surface area (Å²) in [6.07, 6.45) is 5.31. The van der Waals surface area contributed by atoms with Gasteiger partial charge in [-0.15, -0.1) is 0 Å². The van der Waals surface area contributed by atoms with Gasteiger partial charge in [0.05, 0.1) is 17.5 Å². The Kier molecular flexibility index (Phi) is 4.99. The van der Waals surface area contributed by atoms with E-state index in [4.69, 9.17) is 9.72 Å². The molecule has 1 saturated carbocycles. The molecule has 3 aromatic heterocycles. The molecule has 1 aliphatic heterocycles. The number of hydrogen-bond donors (Lipinski definition) is 1. The molecule has 4 heterocycles. The van der Waals surface area contributed by atoms with Crippen LogP contribution in [0, 0.1) is 32.6 Å². The third-order valence-electron chi connectivity index (χ3n) is 6.67. The lowest BCUT2D eigenvalue weighted by molar-refractivity contribution is -0.0236. The Morgan fingerprint density at radius 1 is 1.07 bits per heavy atom. The zero-order chi connectivity index (χ0) is 20.8. The molecule has 5 rings (SSSR count). The smallest absolute Gasteiger partial charge is 0.141 e. The van der Waals surface area contributed by atoms with E-state index in [0.717, 1.165) is 61.0 Å². The first-order valence-electron chi connectivity index (χ1n) is 10.9. The maximum atomic E-state index is 10.7. The highest BCUT2D eigenvalue weighted by molar-refractivity contribution is 5.42. The minimum atomic E-state index is -0.426. The number of aryl methyl sites for hydroxylation is 3. The van der Waals surface area contributed by atoms with Gasteiger partial charge in [0, 0.05) is 37.7 Å². The maximum absolute atomic E-state index is 10.7. The quantitative estimate of drug-likeness (QED) is 0.720. The second kappa shape index (κ2) is 7.67. The molecule has 158 valence electrons. The van der Waals surface area contributed by atoms with Crippen LogP contribution in [0.5, 0.6) is 5.75 Å². The second-order valence-electron chi connectivity index (χ2n) is 9.15. The van der Waals surface area contributed by atoms with Crippen molar-refractivity contribution in [2.24, 2.45) is 11.8 Å². The van der Waals surface area contributed by atoms with Crippen LogP contribution >= 0.6 is 0 Å². The van der Waals surface area contributed by atoms with Gasteiger partial charge in [-0.3, -0.25) is 9.88 Å². The lowest BCUT2D eigenvalue weighted by Crippen LogP contribution is -2.42. The molecule has 0 aromatic carbocycles. The summed E-state index contributed by atoms with van der Waals surface area (Å²) in [5.74, 6) is 1.87. The van der Waals surface area contributed by atoms with E-state index in [2.05, 4.69) is 45.7 Å². The summed E-state index contributed by atoms with van der Waals surface area (Å²) >= 11 is 0. The number of pyridine rings is 2. The predicted molar refractivity (Wildman–Crippen MR) is 116 cm³/mol. The standard InChI is InChI=1S/C24H30N4O2/c1-15-6-7-28-14-20(26-24(28)8-15)13-27-11-18-9-21(29)23(10-19(18)12-27)30-22-5-4-16(2)25-17(22)3/h4-8,14,18-19,21,23,29H,9-13H2,1-3H3/t18-,19+,21+,23+/m0/s1. The molecule has 6 heteroatoms. The van der Waals surface area contributed by atoms with Crippen LogP contribution in [-0.2, 0) is 6.54 Å². The first-order valence-corrected chi connectivity index (χ1v) is 10.9. The van der Waals surface area contributed by atoms with Gasteiger partial charge in [-0.1, -0.05) is 0 Å². The highest BCUT2D eigenvalue weighted by Gasteiger charge is 2.42. The summed E-state index contributed by atoms with van der Waals surface area (Å²) < 4.78 is 8.31. The Labute approximate surface area is 177 Å². The number of aromatic nitrogens is 3. The van der Waals surface area contributed by atoms with Crippen molar-refractivity contribution in [1.29, 1.82) is 0 Å². The largest absolute Gasteiger partial charge is 0.486 e. The fourth-order valence-corrected chi connectivity index (χ4v) is 5.15. The van der Waals surface area contributed by atoms with Crippen LogP contribution in [0.15, 0.2) is 36.7 Å². The number of ether oxygens (including phenoxy) is 1. The number of imidazole rings is 1. The van der Waals surface area contributed by atoms with Gasteiger partial charge in [-0.2, -0.15) is 0 Å². The Balaban J connectivity index is 1.24. The van der Waals surface area contributed by atoms with Gasteiger partial charge >= 0.3 is 0 Å². The summed E-state index contributed by atoms with van der Waals surface area (Å²) in [4.78, 5) is 11.8. The lowest BCUT2D eigenvalue weighted by Gasteiger charge is -2.35. The zero-order valence-electron chi connectivity index (χ0n) is 18.0. The number of nitrogens with zero attached hydrogens (tertiary/aromatic N) is 4. The molecule has 1 N–H and O–H groups in total. The number of aliphatic hydroxyl groups is 1. The fraction of sp³-hybridized carbons (Fsp3) is 0.500. The maximum Gasteiger partial charge on any atom is 0.141 e. The van der Waals surface area contributed by atoms with Crippen LogP contribution in [0.4, 0.5) is 0 Å². The summed E-state index contributed by atoms with van der Waals surface area (Å²) in [5.41, 5.74) is 5.21. The summed E-state index contributed by atoms with van der Waals surface area (Å²) in [5, 5.41) is 10.7. The third-order valence-corrected chi connectivity index (χ3v) is 6.67. The van der Waals surface area contributed by atoms with Crippen LogP contribution < -0.4 is 4.74 Å². The van der Waals surface area contributed by atoms with Gasteiger partial charge in [0.15, 0.2) is 0 Å². The Morgan fingerprint density at radius 2 is 1.87 bits per heavy atom. The van der Waals surface area contributed by atoms with Gasteiger partial charge in [0.25, 0.3) is 0 Å². The van der Waals surface area contributed by atoms with E-state index >= 15 is 0 Å². The average molecular weight is 407 g/mol. The zero-order valence-corrected chi connectivity index (χ0v) is 18.0. The highest BCUT2D eigenvalue weighted by Crippen LogP contribution is 2.38. The minimum absolute atomic E-state index is 0.160. The lowest BCUT2D eigenvalue weighted by atomic mass is 9.78. The number of hydrogen-bond acceptors (Lipinski definition) is 5. The van der Waals surface area contributed by atoms with Gasteiger partial charge in [-0.25, -0.2) is 4.98 Å². The van der Waals surface area contributed by atoms with E-state index in [1.165, 1.54) is 5.56 Å². The average Bonchev–Trinajstić information content (AvgIpc) is 3.26. The molecule has 4 atom stereocenters. The van der Waals surface area contributed by atoms with E-state index in [1.807, 2.05) is 26.0 Å². The van der Waals surface area contributed by atoms with Crippen molar-refractivity contribution in [1.82, 2.24) is 19.3 Å². The first-order chi connectivity index (χ1) is 14.4. The third kappa shape index (κ3) is 3.82. The fourth-order valence-electron chi connectivity index (χ4n) is 5.15. The van der Waals surface area contributed by atoms with Crippen molar-refractivity contribution >= 4 is 5.65 Å². The molecule has 1 saturated heterocycles. The monoisotopic (exact) mass is 406 g/mol. The van der Waals surface area contributed by atoms with Crippen molar-refractivity contribution < 1.29 is 9.84 Å². The topological polar surface area (TPSA) is 62.9 Å². The van der Waals surface area contributed by atoms with Gasteiger partial charge in [0.2, 0.25) is 0 Å². The Hall–Kier alpha value is -2.44. The summed E-state index contributed by atoms with van der Waals surface area (Å²) in [6.45, 7) is 8.96. The van der Waals surface area contributed by atoms with Crippen LogP contribution in [0.2, 0.25) is 0 Å². The van der Waals surface area contributed by atoms with Gasteiger partial charge in [0.1, 0.15) is 17.5 Å². The number of likely N-dealkylation sites (tertiary alicyclic amines) is 1. The Morgan fingerprint density at radius 3 is 2.67 bits per heavy atom. The van der Waals surface area contributed by atoms with Crippen LogP contribution in [-0.4, -0.2) is 49.7 Å². The van der Waals surface area contributed by atoms with E-state index in [9.17, 15) is 5.11 Å². The molecule has 0 radical (unpaired) electrons. The van der Waals surface area contributed by atoms with Gasteiger partial charge in [-0.05, 0) is 75.3 Å². The van der Waals surface area contributed by atoms with Crippen LogP contribution in [0.3, 0.4) is 0 Å². The van der Waals surface area contributed by atoms with E-state index < -0.39 is 6.10 Å². The predicted octanol–water partition coefficient (Wildman–Crippen LogP) is 3.30. The van der Waals surface area contributed by atoms with Crippen LogP contribution in [0.25, 0.3) is 5.65 Å². The molecule has 0 spiro atoms. The van der Waals surface area contributed by atoms with E-state index in [0.29, 0.717) is 11.8 Å². The molecule has 1 aliphatic carbocycles. The summed E-state index contributed by atoms with van der Waals surface area (Å²) in [7, 11) is 0. The molecule has 3 aromatic rings. The molecule has 0 unspecified atom stereocenters. The van der Waals surface area contributed by atoms with E-state index in [1.54, 1.807) is 0 Å². The SMILES string of the molecule is Cc1ccn2cc(CN3C[C@H]4C[C@@H](Oc5ccc(C)nc5C)[C@H](O)C[C@H]4C3)nc2c1. The van der Waals surface area contributed by atoms with Crippen LogP contribution in [0.1, 0.15) is 35.5 Å². The highest BCUT2D eigenvalue weighted by atomic mass is 16.5. The molecule has 6 nitrogen and oxygen atoms in total.